The minimum absolute atomic E-state index is 0.727. The molecule has 0 amide bonds. The second-order valence-electron chi connectivity index (χ2n) is 1.79. The summed E-state index contributed by atoms with van der Waals surface area (Å²) in [6, 6.07) is 0. The first-order valence-corrected chi connectivity index (χ1v) is 2.93. The highest BCUT2D eigenvalue weighted by Gasteiger charge is 1.90. The summed E-state index contributed by atoms with van der Waals surface area (Å²) in [5, 5.41) is 0. The molecule has 0 saturated carbocycles. The molecule has 0 unspecified atom stereocenters. The van der Waals surface area contributed by atoms with Gasteiger partial charge in [0.1, 0.15) is 6.26 Å². The summed E-state index contributed by atoms with van der Waals surface area (Å²) in [7, 11) is 0. The number of rotatable bonds is 0. The Morgan fingerprint density at radius 3 is 3.25 bits per heavy atom. The molecular weight excluding hydrogens is 104 g/mol. The molecule has 0 saturated heterocycles. The van der Waals surface area contributed by atoms with Crippen LogP contribution >= 0.6 is 0 Å². The topological polar surface area (TPSA) is 18.5 Å². The Labute approximate surface area is 49.0 Å². The largest absolute Gasteiger partial charge is 0.346 e. The van der Waals surface area contributed by atoms with Gasteiger partial charge in [0.25, 0.3) is 0 Å². The van der Waals surface area contributed by atoms with E-state index in [4.69, 9.17) is 0 Å². The Kier molecular flexibility index (Phi) is 2.46. The van der Waals surface area contributed by atoms with Gasteiger partial charge >= 0.3 is 0 Å². The predicted molar refractivity (Wildman–Crippen MR) is 30.0 cm³/mol. The summed E-state index contributed by atoms with van der Waals surface area (Å²) in [6.45, 7) is 0.727. The van der Waals surface area contributed by atoms with Crippen LogP contribution in [0.3, 0.4) is 0 Å². The Balaban J connectivity index is 2.17. The summed E-state index contributed by atoms with van der Waals surface area (Å²) in [6.07, 6.45) is 6.99. The van der Waals surface area contributed by atoms with Gasteiger partial charge in [-0.3, -0.25) is 0 Å². The SMILES string of the molecule is C1=COOCCCC1. The molecule has 46 valence electrons. The van der Waals surface area contributed by atoms with Crippen molar-refractivity contribution in [3.63, 3.8) is 0 Å². The summed E-state index contributed by atoms with van der Waals surface area (Å²) in [5.74, 6) is 0. The highest BCUT2D eigenvalue weighted by atomic mass is 17.2. The average Bonchev–Trinajstić information content (AvgIpc) is 1.62. The first kappa shape index (κ1) is 5.63. The quantitative estimate of drug-likeness (QED) is 0.445. The molecule has 0 radical (unpaired) electrons. The van der Waals surface area contributed by atoms with Crippen molar-refractivity contribution in [3.05, 3.63) is 12.3 Å². The molecule has 0 spiro atoms. The summed E-state index contributed by atoms with van der Waals surface area (Å²) in [4.78, 5) is 9.28. The van der Waals surface area contributed by atoms with E-state index in [1.54, 1.807) is 6.26 Å². The highest BCUT2D eigenvalue weighted by Crippen LogP contribution is 2.00. The normalized spacial score (nSPS) is 21.0. The first-order valence-electron chi connectivity index (χ1n) is 2.93. The van der Waals surface area contributed by atoms with Crippen molar-refractivity contribution in [3.8, 4) is 0 Å². The Hall–Kier alpha value is -0.500. The minimum Gasteiger partial charge on any atom is -0.346 e. The average molecular weight is 114 g/mol. The standard InChI is InChI=1S/C6H10O2/c1-2-4-6-8-7-5-3-1/h3,5H,1-2,4,6H2. The van der Waals surface area contributed by atoms with E-state index >= 15 is 0 Å². The Morgan fingerprint density at radius 1 is 1.25 bits per heavy atom. The molecule has 0 aromatic carbocycles. The van der Waals surface area contributed by atoms with Gasteiger partial charge < -0.3 is 4.89 Å². The maximum absolute atomic E-state index is 4.69. The monoisotopic (exact) mass is 114 g/mol. The molecule has 2 nitrogen and oxygen atoms in total. The zero-order valence-corrected chi connectivity index (χ0v) is 4.80. The maximum Gasteiger partial charge on any atom is 0.125 e. The summed E-state index contributed by atoms with van der Waals surface area (Å²) in [5.41, 5.74) is 0. The van der Waals surface area contributed by atoms with E-state index < -0.39 is 0 Å². The maximum atomic E-state index is 4.69. The van der Waals surface area contributed by atoms with Crippen LogP contribution in [-0.4, -0.2) is 6.61 Å². The lowest BCUT2D eigenvalue weighted by Crippen LogP contribution is -1.93. The van der Waals surface area contributed by atoms with Gasteiger partial charge in [-0.2, -0.15) is 4.89 Å². The van der Waals surface area contributed by atoms with E-state index in [0.29, 0.717) is 0 Å². The predicted octanol–water partition coefficient (Wildman–Crippen LogP) is 1.63. The lowest BCUT2D eigenvalue weighted by molar-refractivity contribution is -0.250. The second kappa shape index (κ2) is 3.50. The molecule has 8 heavy (non-hydrogen) atoms. The van der Waals surface area contributed by atoms with Gasteiger partial charge in [0.15, 0.2) is 0 Å². The van der Waals surface area contributed by atoms with Gasteiger partial charge in [0.05, 0.1) is 6.61 Å². The molecule has 1 aliphatic rings. The fraction of sp³-hybridized carbons (Fsp3) is 0.667. The van der Waals surface area contributed by atoms with Crippen LogP contribution < -0.4 is 0 Å². The van der Waals surface area contributed by atoms with Crippen molar-refractivity contribution in [1.82, 2.24) is 0 Å². The lowest BCUT2D eigenvalue weighted by Gasteiger charge is -2.02. The van der Waals surface area contributed by atoms with Crippen molar-refractivity contribution < 1.29 is 9.78 Å². The second-order valence-corrected chi connectivity index (χ2v) is 1.79. The van der Waals surface area contributed by atoms with E-state index in [-0.39, 0.29) is 0 Å². The number of allylic oxidation sites excluding steroid dienone is 1. The lowest BCUT2D eigenvalue weighted by atomic mass is 10.2. The number of hydrogen-bond donors (Lipinski definition) is 0. The van der Waals surface area contributed by atoms with Crippen LogP contribution in [0.2, 0.25) is 0 Å². The van der Waals surface area contributed by atoms with Crippen LogP contribution in [0, 0.1) is 0 Å². The van der Waals surface area contributed by atoms with E-state index in [9.17, 15) is 0 Å². The van der Waals surface area contributed by atoms with Crippen LogP contribution in [0.15, 0.2) is 12.3 Å². The van der Waals surface area contributed by atoms with Gasteiger partial charge in [-0.25, -0.2) is 0 Å². The van der Waals surface area contributed by atoms with E-state index in [2.05, 4.69) is 9.78 Å². The van der Waals surface area contributed by atoms with Gasteiger partial charge in [-0.15, -0.1) is 0 Å². The van der Waals surface area contributed by atoms with Crippen molar-refractivity contribution >= 4 is 0 Å². The van der Waals surface area contributed by atoms with Gasteiger partial charge in [-0.05, 0) is 25.3 Å². The third-order valence-corrected chi connectivity index (χ3v) is 1.07. The van der Waals surface area contributed by atoms with E-state index in [1.807, 2.05) is 6.08 Å². The third kappa shape index (κ3) is 1.98. The van der Waals surface area contributed by atoms with Crippen molar-refractivity contribution in [2.75, 3.05) is 6.61 Å². The van der Waals surface area contributed by atoms with Crippen LogP contribution in [-0.2, 0) is 9.78 Å². The highest BCUT2D eigenvalue weighted by molar-refractivity contribution is 4.72. The Bertz CT molecular complexity index is 68.6. The zero-order valence-electron chi connectivity index (χ0n) is 4.80. The molecular formula is C6H10O2. The van der Waals surface area contributed by atoms with E-state index in [1.165, 1.54) is 6.42 Å². The van der Waals surface area contributed by atoms with Crippen LogP contribution in [0.4, 0.5) is 0 Å². The van der Waals surface area contributed by atoms with Gasteiger partial charge in [-0.1, -0.05) is 0 Å². The third-order valence-electron chi connectivity index (χ3n) is 1.07. The zero-order chi connectivity index (χ0) is 5.66. The van der Waals surface area contributed by atoms with Crippen LogP contribution in [0.1, 0.15) is 19.3 Å². The molecule has 1 aliphatic heterocycles. The summed E-state index contributed by atoms with van der Waals surface area (Å²) >= 11 is 0. The molecule has 0 bridgehead atoms. The molecule has 2 heteroatoms. The van der Waals surface area contributed by atoms with Gasteiger partial charge in [0.2, 0.25) is 0 Å². The van der Waals surface area contributed by atoms with E-state index in [0.717, 1.165) is 19.4 Å². The van der Waals surface area contributed by atoms with Gasteiger partial charge in [0, 0.05) is 0 Å². The molecule has 0 aliphatic carbocycles. The molecule has 1 rings (SSSR count). The molecule has 0 aromatic rings. The van der Waals surface area contributed by atoms with Crippen LogP contribution in [0.25, 0.3) is 0 Å². The summed E-state index contributed by atoms with van der Waals surface area (Å²) < 4.78 is 0. The van der Waals surface area contributed by atoms with Crippen molar-refractivity contribution in [1.29, 1.82) is 0 Å². The van der Waals surface area contributed by atoms with Crippen LogP contribution in [0.5, 0.6) is 0 Å². The smallest absolute Gasteiger partial charge is 0.125 e. The number of hydrogen-bond acceptors (Lipinski definition) is 2. The van der Waals surface area contributed by atoms with Crippen molar-refractivity contribution in [2.45, 2.75) is 19.3 Å². The fourth-order valence-corrected chi connectivity index (χ4v) is 0.618. The first-order chi connectivity index (χ1) is 4.00. The molecule has 0 aromatic heterocycles. The molecule has 0 fully saturated rings. The molecule has 0 N–H and O–H groups in total. The Morgan fingerprint density at radius 2 is 2.25 bits per heavy atom. The fourth-order valence-electron chi connectivity index (χ4n) is 0.618. The molecule has 0 atom stereocenters. The minimum atomic E-state index is 0.727. The van der Waals surface area contributed by atoms with Crippen molar-refractivity contribution in [2.24, 2.45) is 0 Å². The molecule has 1 heterocycles.